The van der Waals surface area contributed by atoms with E-state index in [1.807, 2.05) is 36.7 Å². The molecule has 0 unspecified atom stereocenters. The molecule has 6 rings (SSSR count). The van der Waals surface area contributed by atoms with E-state index in [4.69, 9.17) is 9.97 Å². The van der Waals surface area contributed by atoms with Gasteiger partial charge in [-0.3, -0.25) is 9.97 Å². The van der Waals surface area contributed by atoms with Gasteiger partial charge in [0.25, 0.3) is 0 Å². The lowest BCUT2D eigenvalue weighted by Gasteiger charge is -2.14. The van der Waals surface area contributed by atoms with Gasteiger partial charge in [0.1, 0.15) is 0 Å². The molecule has 0 amide bonds. The van der Waals surface area contributed by atoms with Crippen LogP contribution in [0.3, 0.4) is 0 Å². The van der Waals surface area contributed by atoms with Crippen LogP contribution < -0.4 is 0 Å². The van der Waals surface area contributed by atoms with Crippen LogP contribution in [0.5, 0.6) is 0 Å². The van der Waals surface area contributed by atoms with E-state index in [0.29, 0.717) is 0 Å². The fraction of sp³-hybridized carbons (Fsp3) is 0.0270. The number of fused-ring (bicyclic) bond motifs is 2. The second-order valence-corrected chi connectivity index (χ2v) is 9.64. The second-order valence-electron chi connectivity index (χ2n) is 9.64. The van der Waals surface area contributed by atoms with Crippen LogP contribution in [0.15, 0.2) is 141 Å². The van der Waals surface area contributed by atoms with Crippen LogP contribution >= 0.6 is 0 Å². The van der Waals surface area contributed by atoms with E-state index in [1.54, 1.807) is 6.08 Å². The molecule has 0 atom stereocenters. The van der Waals surface area contributed by atoms with Crippen LogP contribution in [-0.2, 0) is 0 Å². The van der Waals surface area contributed by atoms with Crippen molar-refractivity contribution in [1.29, 1.82) is 0 Å². The molecule has 2 aromatic heterocycles. The number of nitrogens with zero attached hydrogens (tertiary/aromatic N) is 2. The molecular formula is C37H28N2. The predicted octanol–water partition coefficient (Wildman–Crippen LogP) is 9.85. The number of pyridine rings is 2. The number of para-hydroxylation sites is 2. The van der Waals surface area contributed by atoms with Crippen LogP contribution in [0.1, 0.15) is 11.1 Å². The first-order valence-corrected chi connectivity index (χ1v) is 13.1. The summed E-state index contributed by atoms with van der Waals surface area (Å²) in [6.07, 6.45) is 9.43. The highest BCUT2D eigenvalue weighted by molar-refractivity contribution is 6.04. The maximum absolute atomic E-state index is 4.85. The Morgan fingerprint density at radius 1 is 0.615 bits per heavy atom. The van der Waals surface area contributed by atoms with Gasteiger partial charge in [0.15, 0.2) is 0 Å². The van der Waals surface area contributed by atoms with Crippen LogP contribution in [0.4, 0.5) is 0 Å². The van der Waals surface area contributed by atoms with Crippen molar-refractivity contribution in [1.82, 2.24) is 9.97 Å². The Morgan fingerprint density at radius 3 is 1.92 bits per heavy atom. The smallest absolute Gasteiger partial charge is 0.0786 e. The van der Waals surface area contributed by atoms with E-state index in [1.165, 1.54) is 16.7 Å². The minimum absolute atomic E-state index is 0.964. The van der Waals surface area contributed by atoms with Gasteiger partial charge in [-0.05, 0) is 64.1 Å². The highest BCUT2D eigenvalue weighted by atomic mass is 14.7. The summed E-state index contributed by atoms with van der Waals surface area (Å²) in [6, 6.07) is 34.2. The summed E-state index contributed by atoms with van der Waals surface area (Å²) >= 11 is 0. The number of benzene rings is 4. The summed E-state index contributed by atoms with van der Waals surface area (Å²) in [7, 11) is 0. The zero-order valence-electron chi connectivity index (χ0n) is 21.9. The Kier molecular flexibility index (Phi) is 6.44. The average molecular weight is 501 g/mol. The Balaban J connectivity index is 1.54. The number of allylic oxidation sites excluding steroid dienone is 4. The first kappa shape index (κ1) is 24.3. The maximum Gasteiger partial charge on any atom is 0.0786 e. The minimum Gasteiger partial charge on any atom is -0.256 e. The third-order valence-corrected chi connectivity index (χ3v) is 7.15. The fourth-order valence-electron chi connectivity index (χ4n) is 5.43. The molecule has 0 aliphatic heterocycles. The van der Waals surface area contributed by atoms with E-state index >= 15 is 0 Å². The lowest BCUT2D eigenvalue weighted by molar-refractivity contribution is 1.39. The topological polar surface area (TPSA) is 25.8 Å². The zero-order chi connectivity index (χ0) is 26.8. The molecule has 2 nitrogen and oxygen atoms in total. The van der Waals surface area contributed by atoms with Gasteiger partial charge in [0.2, 0.25) is 0 Å². The molecule has 2 heteroatoms. The molecule has 0 aliphatic carbocycles. The standard InChI is InChI=1S/C37H28N2/c1-4-11-26(5-2)30-18-20-38-36-32(14-9-16-34(30)36)28-22-25(3)23-29(24-28)33-15-10-17-35-31(19-21-39-37(33)35)27-12-7-6-8-13-27/h4-24H,1-2H2,3H3/b26-11+. The monoisotopic (exact) mass is 500 g/mol. The van der Waals surface area contributed by atoms with Crippen molar-refractivity contribution in [2.24, 2.45) is 0 Å². The maximum atomic E-state index is 4.85. The van der Waals surface area contributed by atoms with Crippen LogP contribution in [0.2, 0.25) is 0 Å². The van der Waals surface area contributed by atoms with Crippen molar-refractivity contribution < 1.29 is 0 Å². The second kappa shape index (κ2) is 10.4. The lowest BCUT2D eigenvalue weighted by Crippen LogP contribution is -1.92. The van der Waals surface area contributed by atoms with Crippen molar-refractivity contribution in [2.75, 3.05) is 0 Å². The Bertz CT molecular complexity index is 1890. The lowest BCUT2D eigenvalue weighted by atomic mass is 9.91. The first-order valence-electron chi connectivity index (χ1n) is 13.1. The molecular weight excluding hydrogens is 472 g/mol. The number of hydrogen-bond acceptors (Lipinski definition) is 2. The van der Waals surface area contributed by atoms with Gasteiger partial charge < -0.3 is 0 Å². The summed E-state index contributed by atoms with van der Waals surface area (Å²) in [5.41, 5.74) is 12.1. The highest BCUT2D eigenvalue weighted by Crippen LogP contribution is 2.37. The van der Waals surface area contributed by atoms with Gasteiger partial charge in [-0.15, -0.1) is 0 Å². The average Bonchev–Trinajstić information content (AvgIpc) is 2.99. The van der Waals surface area contributed by atoms with Gasteiger partial charge in [0.05, 0.1) is 11.0 Å². The van der Waals surface area contributed by atoms with E-state index in [-0.39, 0.29) is 0 Å². The summed E-state index contributed by atoms with van der Waals surface area (Å²) in [6.45, 7) is 10.0. The number of aryl methyl sites for hydroxylation is 1. The van der Waals surface area contributed by atoms with E-state index < -0.39 is 0 Å². The molecule has 0 spiro atoms. The van der Waals surface area contributed by atoms with Gasteiger partial charge in [-0.2, -0.15) is 0 Å². The largest absolute Gasteiger partial charge is 0.256 e. The quantitative estimate of drug-likeness (QED) is 0.213. The van der Waals surface area contributed by atoms with Crippen LogP contribution in [-0.4, -0.2) is 9.97 Å². The summed E-state index contributed by atoms with van der Waals surface area (Å²) in [5, 5.41) is 2.23. The highest BCUT2D eigenvalue weighted by Gasteiger charge is 2.14. The summed E-state index contributed by atoms with van der Waals surface area (Å²) < 4.78 is 0. The predicted molar refractivity (Wildman–Crippen MR) is 166 cm³/mol. The third kappa shape index (κ3) is 4.47. The third-order valence-electron chi connectivity index (χ3n) is 7.15. The molecule has 0 aliphatic rings. The van der Waals surface area contributed by atoms with Gasteiger partial charge in [-0.1, -0.05) is 110 Å². The minimum atomic E-state index is 0.964. The van der Waals surface area contributed by atoms with Crippen molar-refractivity contribution in [3.8, 4) is 33.4 Å². The van der Waals surface area contributed by atoms with E-state index in [2.05, 4.69) is 105 Å². The molecule has 6 aromatic rings. The van der Waals surface area contributed by atoms with Crippen molar-refractivity contribution in [3.63, 3.8) is 0 Å². The molecule has 186 valence electrons. The molecule has 0 bridgehead atoms. The van der Waals surface area contributed by atoms with Gasteiger partial charge >= 0.3 is 0 Å². The molecule has 0 N–H and O–H groups in total. The zero-order valence-corrected chi connectivity index (χ0v) is 21.9. The van der Waals surface area contributed by atoms with Crippen LogP contribution in [0, 0.1) is 6.92 Å². The van der Waals surface area contributed by atoms with E-state index in [9.17, 15) is 0 Å². The number of aromatic nitrogens is 2. The van der Waals surface area contributed by atoms with Gasteiger partial charge in [-0.25, -0.2) is 0 Å². The molecule has 0 fully saturated rings. The molecule has 0 saturated heterocycles. The fourth-order valence-corrected chi connectivity index (χ4v) is 5.43. The molecule has 0 saturated carbocycles. The normalized spacial score (nSPS) is 11.6. The number of rotatable bonds is 6. The molecule has 4 aromatic carbocycles. The molecule has 2 heterocycles. The Labute approximate surface area is 229 Å². The van der Waals surface area contributed by atoms with Crippen molar-refractivity contribution >= 4 is 27.4 Å². The SMILES string of the molecule is C=C/C=C(\C=C)c1ccnc2c(-c3cc(C)cc(-c4cccc5c(-c6ccccc6)ccnc45)c3)cccc12. The molecule has 0 radical (unpaired) electrons. The Hall–Kier alpha value is -5.08. The molecule has 39 heavy (non-hydrogen) atoms. The summed E-state index contributed by atoms with van der Waals surface area (Å²) in [4.78, 5) is 9.67. The van der Waals surface area contributed by atoms with Crippen LogP contribution in [0.25, 0.3) is 60.8 Å². The van der Waals surface area contributed by atoms with Gasteiger partial charge in [0, 0.05) is 34.3 Å². The number of hydrogen-bond donors (Lipinski definition) is 0. The van der Waals surface area contributed by atoms with E-state index in [0.717, 1.165) is 55.2 Å². The van der Waals surface area contributed by atoms with Crippen molar-refractivity contribution in [3.05, 3.63) is 152 Å². The van der Waals surface area contributed by atoms with Crippen molar-refractivity contribution in [2.45, 2.75) is 6.92 Å². The Morgan fingerprint density at radius 2 is 1.26 bits per heavy atom. The first-order chi connectivity index (χ1) is 19.2. The summed E-state index contributed by atoms with van der Waals surface area (Å²) in [5.74, 6) is 0.